The molecular formula is C13H17ClN2O5. The second-order valence-corrected chi connectivity index (χ2v) is 4.92. The first-order valence-corrected chi connectivity index (χ1v) is 6.62. The van der Waals surface area contributed by atoms with Crippen molar-refractivity contribution >= 4 is 23.3 Å². The fourth-order valence-corrected chi connectivity index (χ4v) is 1.91. The summed E-state index contributed by atoms with van der Waals surface area (Å²) in [4.78, 5) is 22.0. The van der Waals surface area contributed by atoms with E-state index in [0.29, 0.717) is 6.54 Å². The maximum atomic E-state index is 11.8. The molecule has 1 rings (SSSR count). The van der Waals surface area contributed by atoms with Gasteiger partial charge < -0.3 is 9.47 Å². The number of halogens is 1. The van der Waals surface area contributed by atoms with Gasteiger partial charge in [0.05, 0.1) is 23.1 Å². The number of nitro groups is 1. The summed E-state index contributed by atoms with van der Waals surface area (Å²) < 4.78 is 10.2. The van der Waals surface area contributed by atoms with E-state index in [1.807, 2.05) is 6.92 Å². The lowest BCUT2D eigenvalue weighted by Gasteiger charge is -2.27. The molecule has 1 aromatic rings. The second kappa shape index (κ2) is 7.24. The number of benzene rings is 1. The molecule has 0 bridgehead atoms. The van der Waals surface area contributed by atoms with Crippen LogP contribution in [0.1, 0.15) is 13.8 Å². The Balaban J connectivity index is 2.92. The van der Waals surface area contributed by atoms with E-state index in [-0.39, 0.29) is 23.1 Å². The quantitative estimate of drug-likeness (QED) is 0.471. The van der Waals surface area contributed by atoms with E-state index in [1.54, 1.807) is 6.92 Å². The maximum absolute atomic E-state index is 11.8. The molecule has 21 heavy (non-hydrogen) atoms. The summed E-state index contributed by atoms with van der Waals surface area (Å²) in [6.07, 6.45) is 0. The van der Waals surface area contributed by atoms with Gasteiger partial charge in [-0.25, -0.2) is 4.79 Å². The predicted octanol–water partition coefficient (Wildman–Crippen LogP) is 2.17. The number of hydrogen-bond acceptors (Lipinski definition) is 6. The maximum Gasteiger partial charge on any atom is 0.329 e. The summed E-state index contributed by atoms with van der Waals surface area (Å²) >= 11 is 5.94. The van der Waals surface area contributed by atoms with Crippen molar-refractivity contribution in [2.45, 2.75) is 19.4 Å². The molecule has 0 saturated carbocycles. The normalized spacial score (nSPS) is 13.3. The van der Waals surface area contributed by atoms with Crippen LogP contribution in [0.2, 0.25) is 5.02 Å². The molecule has 0 fully saturated rings. The standard InChI is InChI=1S/C13H17ClN2O5/c1-4-15-13(2,12(17)20-3)8-21-11-7-9(16(18)19)5-6-10(11)14/h5-7,15H,4,8H2,1-3H3. The monoisotopic (exact) mass is 316 g/mol. The van der Waals surface area contributed by atoms with Crippen LogP contribution >= 0.6 is 11.6 Å². The average Bonchev–Trinajstić information content (AvgIpc) is 2.45. The highest BCUT2D eigenvalue weighted by molar-refractivity contribution is 6.32. The first-order valence-electron chi connectivity index (χ1n) is 6.24. The molecule has 8 heteroatoms. The van der Waals surface area contributed by atoms with Gasteiger partial charge in [0.25, 0.3) is 5.69 Å². The van der Waals surface area contributed by atoms with Crippen LogP contribution in [0.3, 0.4) is 0 Å². The molecule has 0 aliphatic rings. The van der Waals surface area contributed by atoms with Gasteiger partial charge in [0.15, 0.2) is 0 Å². The number of esters is 1. The van der Waals surface area contributed by atoms with Crippen LogP contribution in [0.25, 0.3) is 0 Å². The number of likely N-dealkylation sites (N-methyl/N-ethyl adjacent to an activating group) is 1. The minimum atomic E-state index is -1.07. The van der Waals surface area contributed by atoms with Crippen molar-refractivity contribution < 1.29 is 19.2 Å². The van der Waals surface area contributed by atoms with Gasteiger partial charge in [-0.2, -0.15) is 0 Å². The van der Waals surface area contributed by atoms with Crippen molar-refractivity contribution in [2.24, 2.45) is 0 Å². The molecule has 116 valence electrons. The molecule has 1 atom stereocenters. The number of nitrogens with zero attached hydrogens (tertiary/aromatic N) is 1. The van der Waals surface area contributed by atoms with E-state index in [9.17, 15) is 14.9 Å². The molecule has 0 aliphatic heterocycles. The van der Waals surface area contributed by atoms with Crippen LogP contribution in [0.15, 0.2) is 18.2 Å². The van der Waals surface area contributed by atoms with Crippen molar-refractivity contribution in [1.82, 2.24) is 5.32 Å². The number of carbonyl (C=O) groups excluding carboxylic acids is 1. The Morgan fingerprint density at radius 3 is 2.71 bits per heavy atom. The molecule has 7 nitrogen and oxygen atoms in total. The Hall–Kier alpha value is -1.86. The molecule has 0 amide bonds. The Morgan fingerprint density at radius 1 is 1.52 bits per heavy atom. The topological polar surface area (TPSA) is 90.7 Å². The zero-order chi connectivity index (χ0) is 16.0. The minimum Gasteiger partial charge on any atom is -0.489 e. The van der Waals surface area contributed by atoms with Crippen LogP contribution in [0.5, 0.6) is 5.75 Å². The lowest BCUT2D eigenvalue weighted by atomic mass is 10.0. The van der Waals surface area contributed by atoms with Gasteiger partial charge in [0.1, 0.15) is 17.9 Å². The zero-order valence-electron chi connectivity index (χ0n) is 12.0. The minimum absolute atomic E-state index is 0.0750. The molecule has 1 unspecified atom stereocenters. The molecule has 0 aromatic heterocycles. The van der Waals surface area contributed by atoms with Gasteiger partial charge in [-0.05, 0) is 19.5 Å². The summed E-state index contributed by atoms with van der Waals surface area (Å²) in [5, 5.41) is 13.9. The van der Waals surface area contributed by atoms with Crippen LogP contribution < -0.4 is 10.1 Å². The third kappa shape index (κ3) is 4.30. The van der Waals surface area contributed by atoms with E-state index in [4.69, 9.17) is 21.1 Å². The van der Waals surface area contributed by atoms with Gasteiger partial charge in [0.2, 0.25) is 0 Å². The van der Waals surface area contributed by atoms with Crippen molar-refractivity contribution in [1.29, 1.82) is 0 Å². The molecule has 0 spiro atoms. The van der Waals surface area contributed by atoms with Crippen LogP contribution in [-0.4, -0.2) is 36.7 Å². The number of nitrogens with one attached hydrogen (secondary N) is 1. The summed E-state index contributed by atoms with van der Waals surface area (Å²) in [6, 6.07) is 3.86. The molecule has 0 radical (unpaired) electrons. The van der Waals surface area contributed by atoms with E-state index >= 15 is 0 Å². The summed E-state index contributed by atoms with van der Waals surface area (Å²) in [6.45, 7) is 3.90. The van der Waals surface area contributed by atoms with E-state index in [1.165, 1.54) is 25.3 Å². The summed E-state index contributed by atoms with van der Waals surface area (Å²) in [5.74, 6) is -0.357. The first-order chi connectivity index (χ1) is 9.84. The van der Waals surface area contributed by atoms with Crippen molar-refractivity contribution in [3.8, 4) is 5.75 Å². The molecular weight excluding hydrogens is 300 g/mol. The van der Waals surface area contributed by atoms with Crippen LogP contribution in [0, 0.1) is 10.1 Å². The van der Waals surface area contributed by atoms with Gasteiger partial charge >= 0.3 is 5.97 Å². The SMILES string of the molecule is CCNC(C)(COc1cc([N+](=O)[O-])ccc1Cl)C(=O)OC. The average molecular weight is 317 g/mol. The van der Waals surface area contributed by atoms with Gasteiger partial charge in [-0.3, -0.25) is 15.4 Å². The smallest absolute Gasteiger partial charge is 0.329 e. The van der Waals surface area contributed by atoms with E-state index < -0.39 is 16.4 Å². The predicted molar refractivity (Wildman–Crippen MR) is 77.7 cm³/mol. The number of rotatable bonds is 7. The highest BCUT2D eigenvalue weighted by Crippen LogP contribution is 2.29. The third-order valence-corrected chi connectivity index (χ3v) is 3.16. The number of non-ortho nitro benzene ring substituents is 1. The fraction of sp³-hybridized carbons (Fsp3) is 0.462. The number of hydrogen-bond donors (Lipinski definition) is 1. The third-order valence-electron chi connectivity index (χ3n) is 2.84. The molecule has 1 aromatic carbocycles. The first kappa shape index (κ1) is 17.2. The van der Waals surface area contributed by atoms with Crippen molar-refractivity contribution in [3.63, 3.8) is 0 Å². The fourth-order valence-electron chi connectivity index (χ4n) is 1.74. The number of nitro benzene ring substituents is 1. The highest BCUT2D eigenvalue weighted by Gasteiger charge is 2.34. The lowest BCUT2D eigenvalue weighted by Crippen LogP contribution is -2.54. The van der Waals surface area contributed by atoms with Gasteiger partial charge in [-0.15, -0.1) is 0 Å². The molecule has 1 N–H and O–H groups in total. The number of carbonyl (C=O) groups is 1. The van der Waals surface area contributed by atoms with Gasteiger partial charge in [0, 0.05) is 6.07 Å². The van der Waals surface area contributed by atoms with Crippen LogP contribution in [0.4, 0.5) is 5.69 Å². The summed E-state index contributed by atoms with van der Waals surface area (Å²) in [7, 11) is 1.28. The Bertz CT molecular complexity index is 537. The highest BCUT2D eigenvalue weighted by atomic mass is 35.5. The largest absolute Gasteiger partial charge is 0.489 e. The summed E-state index contributed by atoms with van der Waals surface area (Å²) in [5.41, 5.74) is -1.21. The van der Waals surface area contributed by atoms with Crippen LogP contribution in [-0.2, 0) is 9.53 Å². The molecule has 0 saturated heterocycles. The molecule has 0 aliphatic carbocycles. The van der Waals surface area contributed by atoms with E-state index in [2.05, 4.69) is 5.32 Å². The van der Waals surface area contributed by atoms with Crippen molar-refractivity contribution in [2.75, 3.05) is 20.3 Å². The Labute approximate surface area is 127 Å². The number of ether oxygens (including phenoxy) is 2. The lowest BCUT2D eigenvalue weighted by molar-refractivity contribution is -0.384. The second-order valence-electron chi connectivity index (χ2n) is 4.51. The van der Waals surface area contributed by atoms with Gasteiger partial charge in [-0.1, -0.05) is 18.5 Å². The van der Waals surface area contributed by atoms with Crippen molar-refractivity contribution in [3.05, 3.63) is 33.3 Å². The number of methoxy groups -OCH3 is 1. The Morgan fingerprint density at radius 2 is 2.19 bits per heavy atom. The van der Waals surface area contributed by atoms with E-state index in [0.717, 1.165) is 0 Å². The zero-order valence-corrected chi connectivity index (χ0v) is 12.8. The Kier molecular flexibility index (Phi) is 5.92. The molecule has 0 heterocycles.